The van der Waals surface area contributed by atoms with Crippen LogP contribution in [0.2, 0.25) is 10.0 Å². The average Bonchev–Trinajstić information content (AvgIpc) is 2.86. The van der Waals surface area contributed by atoms with Crippen LogP contribution in [0.15, 0.2) is 57.4 Å². The number of benzene rings is 1. The van der Waals surface area contributed by atoms with Crippen molar-refractivity contribution in [2.45, 2.75) is 36.4 Å². The molecule has 0 unspecified atom stereocenters. The Kier molecular flexibility index (Phi) is 6.43. The molecule has 0 bridgehead atoms. The monoisotopic (exact) mass is 436 g/mol. The maximum Gasteiger partial charge on any atom is 0.329 e. The van der Waals surface area contributed by atoms with Gasteiger partial charge in [0.15, 0.2) is 0 Å². The molecule has 3 rings (SSSR count). The molecule has 0 radical (unpaired) electrons. The molecule has 28 heavy (non-hydrogen) atoms. The minimum absolute atomic E-state index is 0.0239. The van der Waals surface area contributed by atoms with E-state index in [2.05, 4.69) is 9.88 Å². The van der Waals surface area contributed by atoms with Crippen LogP contribution in [-0.2, 0) is 13.6 Å². The molecule has 0 saturated heterocycles. The second kappa shape index (κ2) is 8.64. The summed E-state index contributed by atoms with van der Waals surface area (Å²) in [4.78, 5) is 20.0. The Hall–Kier alpha value is -1.89. The van der Waals surface area contributed by atoms with Crippen molar-refractivity contribution in [2.75, 3.05) is 11.9 Å². The van der Waals surface area contributed by atoms with E-state index in [9.17, 15) is 4.79 Å². The molecule has 148 valence electrons. The summed E-state index contributed by atoms with van der Waals surface area (Å²) in [5.41, 5.74) is 1.92. The largest absolute Gasteiger partial charge is 0.369 e. The van der Waals surface area contributed by atoms with Crippen molar-refractivity contribution in [3.8, 4) is 0 Å². The standard InChI is InChI=1S/C20H22Cl2N4OS/c1-13(2)26-19(28-17-10-14(21)9-15(22)11-17)18(25(4)20(26)27)12-24(3)16-5-7-23-8-6-16/h5-11,13H,12H2,1-4H3. The van der Waals surface area contributed by atoms with Crippen LogP contribution in [0, 0.1) is 0 Å². The Balaban J connectivity index is 2.06. The third kappa shape index (κ3) is 4.40. The molecule has 0 saturated carbocycles. The van der Waals surface area contributed by atoms with Gasteiger partial charge in [0, 0.05) is 53.2 Å². The van der Waals surface area contributed by atoms with Crippen molar-refractivity contribution >= 4 is 40.7 Å². The van der Waals surface area contributed by atoms with Crippen LogP contribution in [0.1, 0.15) is 25.6 Å². The summed E-state index contributed by atoms with van der Waals surface area (Å²) < 4.78 is 3.53. The maximum absolute atomic E-state index is 12.9. The van der Waals surface area contributed by atoms with Gasteiger partial charge in [0.05, 0.1) is 12.2 Å². The molecular formula is C20H22Cl2N4OS. The van der Waals surface area contributed by atoms with Crippen LogP contribution in [0.4, 0.5) is 5.69 Å². The van der Waals surface area contributed by atoms with Gasteiger partial charge in [-0.1, -0.05) is 35.0 Å². The van der Waals surface area contributed by atoms with Gasteiger partial charge in [-0.25, -0.2) is 4.79 Å². The van der Waals surface area contributed by atoms with E-state index in [0.29, 0.717) is 16.6 Å². The van der Waals surface area contributed by atoms with Gasteiger partial charge in [0.25, 0.3) is 0 Å². The van der Waals surface area contributed by atoms with E-state index in [1.807, 2.05) is 56.8 Å². The van der Waals surface area contributed by atoms with Crippen LogP contribution in [0.5, 0.6) is 0 Å². The first-order valence-electron chi connectivity index (χ1n) is 8.83. The fourth-order valence-corrected chi connectivity index (χ4v) is 4.95. The van der Waals surface area contributed by atoms with E-state index in [1.54, 1.807) is 23.0 Å². The molecule has 0 N–H and O–H groups in total. The number of nitrogens with zero attached hydrogens (tertiary/aromatic N) is 4. The number of hydrogen-bond acceptors (Lipinski definition) is 4. The van der Waals surface area contributed by atoms with Gasteiger partial charge in [-0.15, -0.1) is 0 Å². The third-order valence-electron chi connectivity index (χ3n) is 4.42. The second-order valence-corrected chi connectivity index (χ2v) is 8.76. The zero-order valence-electron chi connectivity index (χ0n) is 16.2. The zero-order chi connectivity index (χ0) is 20.4. The van der Waals surface area contributed by atoms with Crippen molar-refractivity contribution < 1.29 is 0 Å². The highest BCUT2D eigenvalue weighted by Crippen LogP contribution is 2.35. The summed E-state index contributed by atoms with van der Waals surface area (Å²) in [5, 5.41) is 2.03. The minimum atomic E-state index is -0.0382. The summed E-state index contributed by atoms with van der Waals surface area (Å²) in [6.07, 6.45) is 3.52. The van der Waals surface area contributed by atoms with Gasteiger partial charge in [-0.2, -0.15) is 0 Å². The van der Waals surface area contributed by atoms with E-state index in [1.165, 1.54) is 11.8 Å². The number of pyridine rings is 1. The minimum Gasteiger partial charge on any atom is -0.369 e. The number of imidazole rings is 1. The normalized spacial score (nSPS) is 11.2. The lowest BCUT2D eigenvalue weighted by Crippen LogP contribution is -2.25. The van der Waals surface area contributed by atoms with Crippen LogP contribution in [0.3, 0.4) is 0 Å². The molecule has 8 heteroatoms. The van der Waals surface area contributed by atoms with Crippen molar-refractivity contribution in [2.24, 2.45) is 7.05 Å². The lowest BCUT2D eigenvalue weighted by molar-refractivity contribution is 0.533. The third-order valence-corrected chi connectivity index (χ3v) is 5.95. The van der Waals surface area contributed by atoms with Crippen LogP contribution >= 0.6 is 35.0 Å². The summed E-state index contributed by atoms with van der Waals surface area (Å²) in [6.45, 7) is 4.59. The molecule has 0 spiro atoms. The van der Waals surface area contributed by atoms with E-state index >= 15 is 0 Å². The summed E-state index contributed by atoms with van der Waals surface area (Å²) in [6, 6.07) is 9.33. The summed E-state index contributed by atoms with van der Waals surface area (Å²) in [7, 11) is 3.81. The van der Waals surface area contributed by atoms with Gasteiger partial charge in [0.1, 0.15) is 5.03 Å². The highest BCUT2D eigenvalue weighted by molar-refractivity contribution is 7.99. The first kappa shape index (κ1) is 20.8. The molecule has 2 aromatic heterocycles. The van der Waals surface area contributed by atoms with Gasteiger partial charge in [0.2, 0.25) is 0 Å². The van der Waals surface area contributed by atoms with Crippen molar-refractivity contribution in [1.29, 1.82) is 0 Å². The summed E-state index contributed by atoms with van der Waals surface area (Å²) >= 11 is 13.9. The first-order valence-corrected chi connectivity index (χ1v) is 10.4. The number of anilines is 1. The lowest BCUT2D eigenvalue weighted by Gasteiger charge is -2.20. The highest BCUT2D eigenvalue weighted by atomic mass is 35.5. The predicted octanol–water partition coefficient (Wildman–Crippen LogP) is 5.26. The first-order chi connectivity index (χ1) is 13.3. The predicted molar refractivity (Wildman–Crippen MR) is 117 cm³/mol. The number of hydrogen-bond donors (Lipinski definition) is 0. The molecule has 0 aliphatic carbocycles. The molecule has 2 heterocycles. The number of halogens is 2. The zero-order valence-corrected chi connectivity index (χ0v) is 18.5. The molecule has 0 fully saturated rings. The maximum atomic E-state index is 12.9. The average molecular weight is 437 g/mol. The van der Waals surface area contributed by atoms with Crippen molar-refractivity contribution in [3.63, 3.8) is 0 Å². The summed E-state index contributed by atoms with van der Waals surface area (Å²) in [5.74, 6) is 0. The molecular weight excluding hydrogens is 415 g/mol. The van der Waals surface area contributed by atoms with Gasteiger partial charge >= 0.3 is 5.69 Å². The Labute approximate surface area is 178 Å². The smallest absolute Gasteiger partial charge is 0.329 e. The fourth-order valence-electron chi connectivity index (χ4n) is 3.00. The highest BCUT2D eigenvalue weighted by Gasteiger charge is 2.22. The molecule has 0 aliphatic rings. The number of aromatic nitrogens is 3. The van der Waals surface area contributed by atoms with Crippen LogP contribution < -0.4 is 10.6 Å². The topological polar surface area (TPSA) is 43.1 Å². The number of rotatable bonds is 6. The molecule has 1 aromatic carbocycles. The lowest BCUT2D eigenvalue weighted by atomic mass is 10.3. The van der Waals surface area contributed by atoms with Gasteiger partial charge in [-0.05, 0) is 44.2 Å². The van der Waals surface area contributed by atoms with Crippen molar-refractivity contribution in [1.82, 2.24) is 14.1 Å². The Bertz CT molecular complexity index is 1010. The van der Waals surface area contributed by atoms with Crippen molar-refractivity contribution in [3.05, 3.63) is 68.9 Å². The van der Waals surface area contributed by atoms with E-state index in [4.69, 9.17) is 23.2 Å². The molecule has 3 aromatic rings. The Morgan fingerprint density at radius 2 is 1.75 bits per heavy atom. The molecule has 0 aliphatic heterocycles. The van der Waals surface area contributed by atoms with E-state index < -0.39 is 0 Å². The Morgan fingerprint density at radius 3 is 2.32 bits per heavy atom. The quantitative estimate of drug-likeness (QED) is 0.528. The second-order valence-electron chi connectivity index (χ2n) is 6.83. The Morgan fingerprint density at radius 1 is 1.14 bits per heavy atom. The molecule has 0 amide bonds. The van der Waals surface area contributed by atoms with Gasteiger partial charge < -0.3 is 4.90 Å². The van der Waals surface area contributed by atoms with E-state index in [0.717, 1.165) is 21.3 Å². The van der Waals surface area contributed by atoms with Crippen LogP contribution in [0.25, 0.3) is 0 Å². The van der Waals surface area contributed by atoms with E-state index in [-0.39, 0.29) is 11.7 Å². The molecule has 0 atom stereocenters. The van der Waals surface area contributed by atoms with Gasteiger partial charge in [-0.3, -0.25) is 14.1 Å². The SMILES string of the molecule is CC(C)n1c(Sc2cc(Cl)cc(Cl)c2)c(CN(C)c2ccncc2)n(C)c1=O. The molecule has 5 nitrogen and oxygen atoms in total. The fraction of sp³-hybridized carbons (Fsp3) is 0.300. The van der Waals surface area contributed by atoms with Crippen LogP contribution in [-0.4, -0.2) is 21.2 Å².